The molecule has 0 aromatic heterocycles. The molecule has 0 atom stereocenters. The summed E-state index contributed by atoms with van der Waals surface area (Å²) in [7, 11) is -3.89. The van der Waals surface area contributed by atoms with Crippen molar-refractivity contribution in [2.24, 2.45) is 0 Å². The molecule has 32 heavy (non-hydrogen) atoms. The zero-order chi connectivity index (χ0) is 23.0. The molecule has 0 fully saturated rings. The van der Waals surface area contributed by atoms with Gasteiger partial charge in [0.15, 0.2) is 11.5 Å². The van der Waals surface area contributed by atoms with E-state index in [1.807, 2.05) is 32.0 Å². The highest BCUT2D eigenvalue weighted by atomic mass is 32.2. The summed E-state index contributed by atoms with van der Waals surface area (Å²) in [5, 5.41) is 5.39. The minimum Gasteiger partial charge on any atom is -0.490 e. The monoisotopic (exact) mass is 455 g/mol. The quantitative estimate of drug-likeness (QED) is 0.424. The van der Waals surface area contributed by atoms with Crippen LogP contribution in [0.15, 0.2) is 77.7 Å². The van der Waals surface area contributed by atoms with Crippen molar-refractivity contribution in [3.63, 3.8) is 0 Å². The van der Waals surface area contributed by atoms with Crippen molar-refractivity contribution < 1.29 is 22.7 Å². The maximum Gasteiger partial charge on any atom is 0.323 e. The molecule has 3 N–H and O–H groups in total. The van der Waals surface area contributed by atoms with E-state index in [2.05, 4.69) is 15.4 Å². The second kappa shape index (κ2) is 10.5. The minimum absolute atomic E-state index is 0.0320. The molecule has 0 saturated carbocycles. The lowest BCUT2D eigenvalue weighted by Crippen LogP contribution is -2.19. The fraction of sp³-hybridized carbons (Fsp3) is 0.174. The number of rotatable bonds is 9. The summed E-state index contributed by atoms with van der Waals surface area (Å²) < 4.78 is 39.3. The largest absolute Gasteiger partial charge is 0.490 e. The zero-order valence-corrected chi connectivity index (χ0v) is 18.6. The van der Waals surface area contributed by atoms with Gasteiger partial charge in [-0.15, -0.1) is 0 Å². The molecule has 0 aliphatic rings. The van der Waals surface area contributed by atoms with Gasteiger partial charge in [-0.2, -0.15) is 0 Å². The number of nitrogens with one attached hydrogen (secondary N) is 3. The van der Waals surface area contributed by atoms with Crippen LogP contribution in [0, 0.1) is 0 Å². The predicted molar refractivity (Wildman–Crippen MR) is 125 cm³/mol. The number of hydrogen-bond donors (Lipinski definition) is 3. The number of ether oxygens (including phenoxy) is 2. The molecular weight excluding hydrogens is 430 g/mol. The zero-order valence-electron chi connectivity index (χ0n) is 17.8. The summed E-state index contributed by atoms with van der Waals surface area (Å²) in [4.78, 5) is 12.2. The Balaban J connectivity index is 1.74. The number of carbonyl (C=O) groups is 1. The van der Waals surface area contributed by atoms with Crippen molar-refractivity contribution in [1.29, 1.82) is 0 Å². The molecule has 9 heteroatoms. The van der Waals surface area contributed by atoms with Crippen LogP contribution in [-0.2, 0) is 10.0 Å². The second-order valence-corrected chi connectivity index (χ2v) is 8.29. The van der Waals surface area contributed by atoms with Gasteiger partial charge in [0.25, 0.3) is 10.0 Å². The molecule has 0 spiro atoms. The van der Waals surface area contributed by atoms with Gasteiger partial charge in [0, 0.05) is 17.4 Å². The second-order valence-electron chi connectivity index (χ2n) is 6.61. The van der Waals surface area contributed by atoms with E-state index in [1.165, 1.54) is 18.2 Å². The van der Waals surface area contributed by atoms with Crippen LogP contribution in [0.2, 0.25) is 0 Å². The summed E-state index contributed by atoms with van der Waals surface area (Å²) in [6.07, 6.45) is 0. The number of amides is 2. The third-order valence-corrected chi connectivity index (χ3v) is 5.61. The summed E-state index contributed by atoms with van der Waals surface area (Å²) >= 11 is 0. The van der Waals surface area contributed by atoms with E-state index in [1.54, 1.807) is 36.4 Å². The van der Waals surface area contributed by atoms with Gasteiger partial charge >= 0.3 is 6.03 Å². The van der Waals surface area contributed by atoms with Gasteiger partial charge in [-0.05, 0) is 56.3 Å². The maximum absolute atomic E-state index is 12.9. The van der Waals surface area contributed by atoms with E-state index in [-0.39, 0.29) is 4.90 Å². The first-order valence-electron chi connectivity index (χ1n) is 10.1. The van der Waals surface area contributed by atoms with Gasteiger partial charge in [-0.3, -0.25) is 4.72 Å². The molecule has 0 aliphatic heterocycles. The molecule has 0 aliphatic carbocycles. The van der Waals surface area contributed by atoms with Gasteiger partial charge in [0.1, 0.15) is 0 Å². The van der Waals surface area contributed by atoms with Crippen molar-refractivity contribution in [1.82, 2.24) is 0 Å². The minimum atomic E-state index is -3.89. The molecule has 8 nitrogen and oxygen atoms in total. The fourth-order valence-electron chi connectivity index (χ4n) is 2.89. The van der Waals surface area contributed by atoms with Crippen molar-refractivity contribution in [2.45, 2.75) is 18.7 Å². The van der Waals surface area contributed by atoms with Gasteiger partial charge < -0.3 is 20.1 Å². The number of urea groups is 1. The molecule has 168 valence electrons. The molecule has 0 bridgehead atoms. The number of benzene rings is 3. The number of anilines is 3. The number of para-hydroxylation sites is 1. The van der Waals surface area contributed by atoms with Crippen molar-refractivity contribution in [3.05, 3.63) is 72.8 Å². The van der Waals surface area contributed by atoms with Crippen molar-refractivity contribution in [3.8, 4) is 11.5 Å². The number of carbonyl (C=O) groups excluding carboxylic acids is 1. The topological polar surface area (TPSA) is 106 Å². The Morgan fingerprint density at radius 2 is 1.38 bits per heavy atom. The van der Waals surface area contributed by atoms with Crippen LogP contribution < -0.4 is 24.8 Å². The lowest BCUT2D eigenvalue weighted by atomic mass is 10.3. The predicted octanol–water partition coefficient (Wildman–Crippen LogP) is 4.93. The Morgan fingerprint density at radius 3 is 2.09 bits per heavy atom. The Labute approximate surface area is 187 Å². The number of hydrogen-bond acceptors (Lipinski definition) is 5. The highest BCUT2D eigenvalue weighted by Crippen LogP contribution is 2.31. The molecule has 0 radical (unpaired) electrons. The maximum atomic E-state index is 12.9. The highest BCUT2D eigenvalue weighted by Gasteiger charge is 2.18. The van der Waals surface area contributed by atoms with Gasteiger partial charge in [0.2, 0.25) is 0 Å². The van der Waals surface area contributed by atoms with E-state index in [4.69, 9.17) is 9.47 Å². The van der Waals surface area contributed by atoms with Gasteiger partial charge in [-0.25, -0.2) is 13.2 Å². The first-order valence-corrected chi connectivity index (χ1v) is 11.5. The van der Waals surface area contributed by atoms with Crippen LogP contribution in [0.5, 0.6) is 11.5 Å². The van der Waals surface area contributed by atoms with Crippen LogP contribution >= 0.6 is 0 Å². The standard InChI is InChI=1S/C23H25N3O5S/c1-3-30-21-14-13-20(16-22(21)31-4-2)32(28,29)26-19-12-8-11-18(15-19)25-23(27)24-17-9-6-5-7-10-17/h5-16,26H,3-4H2,1-2H3,(H2,24,25,27). The van der Waals surface area contributed by atoms with Crippen molar-refractivity contribution in [2.75, 3.05) is 28.6 Å². The summed E-state index contributed by atoms with van der Waals surface area (Å²) in [6.45, 7) is 4.45. The first kappa shape index (κ1) is 23.0. The normalized spacial score (nSPS) is 10.8. The van der Waals surface area contributed by atoms with Gasteiger partial charge in [0.05, 0.1) is 23.8 Å². The summed E-state index contributed by atoms with van der Waals surface area (Å²) in [5.41, 5.74) is 1.37. The average molecular weight is 456 g/mol. The lowest BCUT2D eigenvalue weighted by Gasteiger charge is -2.14. The Morgan fingerprint density at radius 1 is 0.750 bits per heavy atom. The van der Waals surface area contributed by atoms with E-state index in [9.17, 15) is 13.2 Å². The molecule has 3 rings (SSSR count). The highest BCUT2D eigenvalue weighted by molar-refractivity contribution is 7.92. The van der Waals surface area contributed by atoms with Crippen LogP contribution in [0.3, 0.4) is 0 Å². The van der Waals surface area contributed by atoms with E-state index < -0.39 is 16.1 Å². The van der Waals surface area contributed by atoms with Crippen LogP contribution in [0.25, 0.3) is 0 Å². The van der Waals surface area contributed by atoms with Crippen LogP contribution in [0.1, 0.15) is 13.8 Å². The molecule has 2 amide bonds. The third-order valence-electron chi connectivity index (χ3n) is 4.23. The van der Waals surface area contributed by atoms with Crippen molar-refractivity contribution >= 4 is 33.1 Å². The fourth-order valence-corrected chi connectivity index (χ4v) is 3.95. The number of sulfonamides is 1. The first-order chi connectivity index (χ1) is 15.4. The van der Waals surface area contributed by atoms with E-state index in [0.29, 0.717) is 41.8 Å². The molecule has 3 aromatic rings. The molecule has 3 aromatic carbocycles. The summed E-state index contributed by atoms with van der Waals surface area (Å²) in [5.74, 6) is 0.828. The molecular formula is C23H25N3O5S. The van der Waals surface area contributed by atoms with E-state index in [0.717, 1.165) is 0 Å². The molecule has 0 heterocycles. The van der Waals surface area contributed by atoms with Gasteiger partial charge in [-0.1, -0.05) is 24.3 Å². The Bertz CT molecular complexity index is 1170. The summed E-state index contributed by atoms with van der Waals surface area (Å²) in [6, 6.07) is 19.4. The third kappa shape index (κ3) is 6.14. The Hall–Kier alpha value is -3.72. The van der Waals surface area contributed by atoms with E-state index >= 15 is 0 Å². The average Bonchev–Trinajstić information content (AvgIpc) is 2.76. The lowest BCUT2D eigenvalue weighted by molar-refractivity contribution is 0.262. The van der Waals surface area contributed by atoms with Crippen LogP contribution in [0.4, 0.5) is 21.9 Å². The SMILES string of the molecule is CCOc1ccc(S(=O)(=O)Nc2cccc(NC(=O)Nc3ccccc3)c2)cc1OCC. The van der Waals surface area contributed by atoms with Crippen LogP contribution in [-0.4, -0.2) is 27.7 Å². The Kier molecular flexibility index (Phi) is 7.56. The molecule has 0 saturated heterocycles. The smallest absolute Gasteiger partial charge is 0.323 e. The molecule has 0 unspecified atom stereocenters.